The Balaban J connectivity index is 0.995. The predicted octanol–water partition coefficient (Wildman–Crippen LogP) is 8.68. The number of piperazine rings is 1. The second-order valence-corrected chi connectivity index (χ2v) is 17.4. The highest BCUT2D eigenvalue weighted by molar-refractivity contribution is 7.99. The average molecular weight is 837 g/mol. The fourth-order valence-corrected chi connectivity index (χ4v) is 9.16. The van der Waals surface area contributed by atoms with Gasteiger partial charge in [0.2, 0.25) is 0 Å². The Morgan fingerprint density at radius 3 is 2.29 bits per heavy atom. The van der Waals surface area contributed by atoms with Crippen molar-refractivity contribution in [1.29, 1.82) is 0 Å². The van der Waals surface area contributed by atoms with Gasteiger partial charge in [0.25, 0.3) is 15.7 Å². The van der Waals surface area contributed by atoms with Gasteiger partial charge in [0.05, 0.1) is 15.3 Å². The molecule has 12 nitrogen and oxygen atoms in total. The number of hydrogen-bond acceptors (Lipinski definition) is 11. The molecule has 4 N–H and O–H groups in total. The van der Waals surface area contributed by atoms with Crippen LogP contribution in [-0.2, 0) is 16.6 Å². The Morgan fingerprint density at radius 2 is 1.59 bits per heavy atom. The van der Waals surface area contributed by atoms with E-state index in [1.807, 2.05) is 72.8 Å². The van der Waals surface area contributed by atoms with Crippen LogP contribution in [0.25, 0.3) is 22.0 Å². The maximum atomic E-state index is 13.7. The third-order valence-electron chi connectivity index (χ3n) is 10.2. The predicted molar refractivity (Wildman–Crippen MR) is 235 cm³/mol. The molecule has 1 aromatic heterocycles. The number of aromatic nitrogens is 2. The summed E-state index contributed by atoms with van der Waals surface area (Å²) in [6.45, 7) is 4.82. The van der Waals surface area contributed by atoms with Gasteiger partial charge in [0.1, 0.15) is 12.0 Å². The molecule has 58 heavy (non-hydrogen) atoms. The Hall–Kier alpha value is -5.25. The van der Waals surface area contributed by atoms with Gasteiger partial charge in [-0.3, -0.25) is 19.7 Å². The maximum absolute atomic E-state index is 13.7. The molecule has 1 aliphatic heterocycles. The van der Waals surface area contributed by atoms with Gasteiger partial charge in [0.15, 0.2) is 5.82 Å². The zero-order valence-corrected chi connectivity index (χ0v) is 34.2. The Kier molecular flexibility index (Phi) is 13.4. The van der Waals surface area contributed by atoms with Gasteiger partial charge < -0.3 is 16.0 Å². The molecule has 1 atom stereocenters. The average Bonchev–Trinajstić information content (AvgIpc) is 3.24. The first-order valence-corrected chi connectivity index (χ1v) is 22.0. The first kappa shape index (κ1) is 40.9. The van der Waals surface area contributed by atoms with Crippen LogP contribution in [0.3, 0.4) is 0 Å². The van der Waals surface area contributed by atoms with Crippen molar-refractivity contribution in [3.8, 4) is 11.1 Å². The number of fused-ring (bicyclic) bond motifs is 1. The van der Waals surface area contributed by atoms with Crippen molar-refractivity contribution < 1.29 is 13.3 Å². The summed E-state index contributed by atoms with van der Waals surface area (Å²) in [5, 5.41) is 16.8. The monoisotopic (exact) mass is 836 g/mol. The van der Waals surface area contributed by atoms with Gasteiger partial charge in [-0.25, -0.2) is 18.4 Å². The van der Waals surface area contributed by atoms with Crippen molar-refractivity contribution in [3.63, 3.8) is 0 Å². The summed E-state index contributed by atoms with van der Waals surface area (Å²) in [5.74, 6) is 0.750. The molecule has 1 fully saturated rings. The molecular formula is C43H45ClN8O4S2. The van der Waals surface area contributed by atoms with E-state index >= 15 is 0 Å². The molecule has 0 saturated carbocycles. The zero-order valence-electron chi connectivity index (χ0n) is 31.8. The van der Waals surface area contributed by atoms with Crippen molar-refractivity contribution in [3.05, 3.63) is 142 Å². The van der Waals surface area contributed by atoms with Gasteiger partial charge in [-0.1, -0.05) is 72.6 Å². The van der Waals surface area contributed by atoms with Crippen LogP contribution in [0.15, 0.2) is 131 Å². The Bertz CT molecular complexity index is 2430. The summed E-state index contributed by atoms with van der Waals surface area (Å²) in [6, 6.07) is 35.9. The minimum Gasteiger partial charge on any atom is -0.376 e. The van der Waals surface area contributed by atoms with E-state index in [4.69, 9.17) is 17.3 Å². The normalized spacial score (nSPS) is 14.0. The molecule has 1 aliphatic rings. The second-order valence-electron chi connectivity index (χ2n) is 14.2. The number of nitrogens with zero attached hydrogens (tertiary/aromatic N) is 5. The molecule has 15 heteroatoms. The van der Waals surface area contributed by atoms with Gasteiger partial charge in [0, 0.05) is 71.6 Å². The number of sulfonamides is 1. The number of hydrogen-bond donors (Lipinski definition) is 3. The lowest BCUT2D eigenvalue weighted by atomic mass is 10.0. The summed E-state index contributed by atoms with van der Waals surface area (Å²) in [6.07, 6.45) is 3.74. The largest absolute Gasteiger partial charge is 0.376 e. The van der Waals surface area contributed by atoms with Gasteiger partial charge in [-0.2, -0.15) is 0 Å². The standard InChI is InChI=1S/C43H45ClN8O4S2/c44-34-15-13-33(14-16-34)32-11-9-31(10-12-32)28-50-22-24-51(25-23-50)36-17-19-39-41(26-36)46-30-47-43(39)49-58(55,56)38-18-20-40(42(27-38)52(53)54)48-35(6-4-5-21-45)29-57-37-7-2-1-3-8-37/h1-3,7-20,26-27,30,35,48H,4-6,21-25,28-29,45H2,(H,46,47,49). The number of anilines is 3. The topological polar surface area (TPSA) is 160 Å². The van der Waals surface area contributed by atoms with Crippen LogP contribution in [0.4, 0.5) is 22.9 Å². The number of halogens is 1. The van der Waals surface area contributed by atoms with Crippen molar-refractivity contribution in [2.45, 2.75) is 41.6 Å². The molecule has 1 saturated heterocycles. The minimum atomic E-state index is -4.26. The molecule has 0 radical (unpaired) electrons. The van der Waals surface area contributed by atoms with E-state index in [0.717, 1.165) is 84.8 Å². The van der Waals surface area contributed by atoms with E-state index in [1.165, 1.54) is 24.0 Å². The van der Waals surface area contributed by atoms with Crippen LogP contribution in [-0.4, -0.2) is 72.7 Å². The zero-order chi connectivity index (χ0) is 40.5. The van der Waals surface area contributed by atoms with Crippen molar-refractivity contribution in [1.82, 2.24) is 14.9 Å². The highest BCUT2D eigenvalue weighted by Gasteiger charge is 2.25. The van der Waals surface area contributed by atoms with E-state index in [9.17, 15) is 18.5 Å². The highest BCUT2D eigenvalue weighted by atomic mass is 35.5. The molecule has 6 aromatic rings. The summed E-state index contributed by atoms with van der Waals surface area (Å²) in [5.41, 5.74) is 10.7. The number of nitro groups is 1. The number of unbranched alkanes of at least 4 members (excludes halogenated alkanes) is 1. The number of rotatable bonds is 17. The fraction of sp³-hybridized carbons (Fsp3) is 0.256. The smallest absolute Gasteiger partial charge is 0.293 e. The lowest BCUT2D eigenvalue weighted by molar-refractivity contribution is -0.384. The van der Waals surface area contributed by atoms with Crippen molar-refractivity contribution in [2.75, 3.05) is 53.4 Å². The number of nitrogens with two attached hydrogens (primary N) is 1. The van der Waals surface area contributed by atoms with Gasteiger partial charge in [-0.15, -0.1) is 11.8 Å². The van der Waals surface area contributed by atoms with E-state index in [2.05, 4.69) is 54.1 Å². The third-order valence-corrected chi connectivity index (χ3v) is 12.9. The van der Waals surface area contributed by atoms with Crippen molar-refractivity contribution in [2.24, 2.45) is 5.73 Å². The second kappa shape index (κ2) is 19.0. The van der Waals surface area contributed by atoms with E-state index in [0.29, 0.717) is 23.2 Å². The lowest BCUT2D eigenvalue weighted by Crippen LogP contribution is -2.45. The number of nitrogens with one attached hydrogen (secondary N) is 2. The SMILES string of the molecule is NCCCCC(CSc1ccccc1)Nc1ccc(S(=O)(=O)Nc2ncnc3cc(N4CCN(Cc5ccc(-c6ccc(Cl)cc6)cc5)CC4)ccc23)cc1[N+](=O)[O-]. The lowest BCUT2D eigenvalue weighted by Gasteiger charge is -2.36. The Labute approximate surface area is 348 Å². The summed E-state index contributed by atoms with van der Waals surface area (Å²) >= 11 is 7.70. The third kappa shape index (κ3) is 10.4. The van der Waals surface area contributed by atoms with Gasteiger partial charge in [-0.05, 0) is 90.7 Å². The fourth-order valence-electron chi connectivity index (χ4n) is 6.99. The number of thioether (sulfide) groups is 1. The molecule has 0 spiro atoms. The first-order valence-electron chi connectivity index (χ1n) is 19.2. The van der Waals surface area contributed by atoms with Crippen LogP contribution in [0, 0.1) is 10.1 Å². The molecular weight excluding hydrogens is 792 g/mol. The molecule has 0 bridgehead atoms. The van der Waals surface area contributed by atoms with E-state index < -0.39 is 14.9 Å². The van der Waals surface area contributed by atoms with E-state index in [-0.39, 0.29) is 28.1 Å². The van der Waals surface area contributed by atoms with E-state index in [1.54, 1.807) is 11.8 Å². The summed E-state index contributed by atoms with van der Waals surface area (Å²) in [7, 11) is -4.26. The molecule has 300 valence electrons. The minimum absolute atomic E-state index is 0.0891. The van der Waals surface area contributed by atoms with Crippen LogP contribution in [0.5, 0.6) is 0 Å². The highest BCUT2D eigenvalue weighted by Crippen LogP contribution is 2.33. The van der Waals surface area contributed by atoms with Gasteiger partial charge >= 0.3 is 0 Å². The quantitative estimate of drug-likeness (QED) is 0.0349. The molecule has 0 amide bonds. The van der Waals surface area contributed by atoms with Crippen molar-refractivity contribution >= 4 is 67.2 Å². The number of nitro benzene ring substituents is 1. The first-order chi connectivity index (χ1) is 28.1. The van der Waals surface area contributed by atoms with Crippen LogP contribution in [0.2, 0.25) is 5.02 Å². The van der Waals surface area contributed by atoms with Crippen LogP contribution < -0.4 is 20.7 Å². The van der Waals surface area contributed by atoms with Crippen LogP contribution in [0.1, 0.15) is 24.8 Å². The molecule has 7 rings (SSSR count). The molecule has 2 heterocycles. The number of benzene rings is 5. The molecule has 1 unspecified atom stereocenters. The Morgan fingerprint density at radius 1 is 0.862 bits per heavy atom. The summed E-state index contributed by atoms with van der Waals surface area (Å²) in [4.78, 5) is 26.0. The maximum Gasteiger partial charge on any atom is 0.293 e. The molecule has 5 aromatic carbocycles. The molecule has 0 aliphatic carbocycles. The van der Waals surface area contributed by atoms with Crippen LogP contribution >= 0.6 is 23.4 Å². The summed E-state index contributed by atoms with van der Waals surface area (Å²) < 4.78 is 30.0.